The van der Waals surface area contributed by atoms with Crippen LogP contribution in [0, 0.1) is 12.3 Å². The zero-order chi connectivity index (χ0) is 19.0. The van der Waals surface area contributed by atoms with Gasteiger partial charge >= 0.3 is 0 Å². The molecule has 0 amide bonds. The van der Waals surface area contributed by atoms with Crippen LogP contribution in [0.3, 0.4) is 0 Å². The maximum Gasteiger partial charge on any atom is 0.0182 e. The van der Waals surface area contributed by atoms with Crippen LogP contribution in [0.5, 0.6) is 0 Å². The van der Waals surface area contributed by atoms with Crippen LogP contribution in [0.1, 0.15) is 42.5 Å². The van der Waals surface area contributed by atoms with Crippen LogP contribution in [0.15, 0.2) is 60.2 Å². The number of aryl methyl sites for hydroxylation is 1. The molecule has 0 heterocycles. The van der Waals surface area contributed by atoms with Crippen LogP contribution >= 0.6 is 22.6 Å². The molecule has 0 fully saturated rings. The topological polar surface area (TPSA) is 0 Å². The van der Waals surface area contributed by atoms with Gasteiger partial charge in [0, 0.05) is 9.84 Å². The molecule has 0 nitrogen and oxygen atoms in total. The second-order valence-electron chi connectivity index (χ2n) is 7.70. The van der Waals surface area contributed by atoms with Crippen LogP contribution in [-0.4, -0.2) is 4.43 Å². The highest BCUT2D eigenvalue weighted by Gasteiger charge is 2.38. The number of terminal acetylenes is 1. The first kappa shape index (κ1) is 18.3. The zero-order valence-corrected chi connectivity index (χ0v) is 18.0. The Morgan fingerprint density at radius 3 is 2.81 bits per heavy atom. The molecule has 2 aromatic rings. The second kappa shape index (κ2) is 7.17. The Kier molecular flexibility index (Phi) is 4.86. The number of alkyl halides is 1. The molecule has 0 N–H and O–H groups in total. The second-order valence-corrected chi connectivity index (χ2v) is 8.58. The molecule has 0 saturated heterocycles. The minimum absolute atomic E-state index is 0.0378. The number of hydrogen-bond donors (Lipinski definition) is 0. The van der Waals surface area contributed by atoms with Gasteiger partial charge in [-0.3, -0.25) is 0 Å². The zero-order valence-electron chi connectivity index (χ0n) is 15.9. The van der Waals surface area contributed by atoms with E-state index in [4.69, 9.17) is 6.42 Å². The average Bonchev–Trinajstić information content (AvgIpc) is 2.89. The van der Waals surface area contributed by atoms with Gasteiger partial charge in [-0.25, -0.2) is 0 Å². The van der Waals surface area contributed by atoms with Crippen LogP contribution in [0.2, 0.25) is 0 Å². The van der Waals surface area contributed by atoms with Crippen molar-refractivity contribution in [1.29, 1.82) is 0 Å². The summed E-state index contributed by atoms with van der Waals surface area (Å²) in [6.07, 6.45) is 16.7. The van der Waals surface area contributed by atoms with Crippen molar-refractivity contribution >= 4 is 34.2 Å². The van der Waals surface area contributed by atoms with Gasteiger partial charge in [-0.05, 0) is 69.5 Å². The minimum atomic E-state index is -0.0378. The van der Waals surface area contributed by atoms with Crippen molar-refractivity contribution in [2.75, 3.05) is 4.43 Å². The number of hydrogen-bond acceptors (Lipinski definition) is 0. The van der Waals surface area contributed by atoms with Crippen LogP contribution in [-0.2, 0) is 11.8 Å². The molecule has 2 aliphatic rings. The molecule has 2 aliphatic carbocycles. The highest BCUT2D eigenvalue weighted by molar-refractivity contribution is 14.1. The lowest BCUT2D eigenvalue weighted by Gasteiger charge is -2.23. The molecule has 0 aliphatic heterocycles. The molecule has 4 rings (SSSR count). The van der Waals surface area contributed by atoms with E-state index in [-0.39, 0.29) is 5.41 Å². The molecule has 0 spiro atoms. The minimum Gasteiger partial charge on any atom is -0.115 e. The Bertz CT molecular complexity index is 1040. The first-order valence-electron chi connectivity index (χ1n) is 9.45. The molecule has 0 atom stereocenters. The fourth-order valence-corrected chi connectivity index (χ4v) is 4.93. The van der Waals surface area contributed by atoms with Crippen molar-refractivity contribution in [3.63, 3.8) is 0 Å². The van der Waals surface area contributed by atoms with Crippen molar-refractivity contribution < 1.29 is 0 Å². The van der Waals surface area contributed by atoms with E-state index in [1.165, 1.54) is 44.5 Å². The third-order valence-electron chi connectivity index (χ3n) is 5.83. The summed E-state index contributed by atoms with van der Waals surface area (Å²) in [6, 6.07) is 13.6. The summed E-state index contributed by atoms with van der Waals surface area (Å²) in [4.78, 5) is 0. The number of benzene rings is 2. The largest absolute Gasteiger partial charge is 0.115 e. The Morgan fingerprint density at radius 1 is 1.19 bits per heavy atom. The van der Waals surface area contributed by atoms with Crippen molar-refractivity contribution in [2.24, 2.45) is 0 Å². The summed E-state index contributed by atoms with van der Waals surface area (Å²) in [7, 11) is 0. The Labute approximate surface area is 176 Å². The van der Waals surface area contributed by atoms with E-state index in [0.29, 0.717) is 0 Å². The Balaban J connectivity index is 1.92. The number of rotatable bonds is 2. The lowest BCUT2D eigenvalue weighted by molar-refractivity contribution is 0.660. The van der Waals surface area contributed by atoms with E-state index in [2.05, 4.69) is 97.0 Å². The molecule has 2 aromatic carbocycles. The van der Waals surface area contributed by atoms with Gasteiger partial charge in [-0.15, -0.1) is 6.42 Å². The summed E-state index contributed by atoms with van der Waals surface area (Å²) in [5, 5.41) is 0. The highest BCUT2D eigenvalue weighted by Crippen LogP contribution is 2.50. The molecular formula is C26H23I. The van der Waals surface area contributed by atoms with E-state index >= 15 is 0 Å². The molecule has 0 saturated carbocycles. The summed E-state index contributed by atoms with van der Waals surface area (Å²) in [5.41, 5.74) is 10.6. The lowest BCUT2D eigenvalue weighted by atomic mass is 9.81. The summed E-state index contributed by atoms with van der Waals surface area (Å²) >= 11 is 2.41. The van der Waals surface area contributed by atoms with Crippen molar-refractivity contribution in [3.8, 4) is 23.5 Å². The quantitative estimate of drug-likeness (QED) is 0.257. The van der Waals surface area contributed by atoms with Gasteiger partial charge in [0.25, 0.3) is 0 Å². The first-order valence-corrected chi connectivity index (χ1v) is 11.0. The van der Waals surface area contributed by atoms with E-state index < -0.39 is 0 Å². The molecular weight excluding hydrogens is 439 g/mol. The Morgan fingerprint density at radius 2 is 2.04 bits per heavy atom. The molecule has 0 unspecified atom stereocenters. The maximum absolute atomic E-state index is 5.65. The third-order valence-corrected chi connectivity index (χ3v) is 6.27. The normalized spacial score (nSPS) is 19.8. The third kappa shape index (κ3) is 3.01. The summed E-state index contributed by atoms with van der Waals surface area (Å²) in [5.74, 6) is 2.75. The first-order chi connectivity index (χ1) is 13.1. The monoisotopic (exact) mass is 462 g/mol. The van der Waals surface area contributed by atoms with Gasteiger partial charge < -0.3 is 0 Å². The number of allylic oxidation sites excluding steroid dienone is 5. The van der Waals surface area contributed by atoms with E-state index in [1.54, 1.807) is 0 Å². The molecule has 0 radical (unpaired) electrons. The summed E-state index contributed by atoms with van der Waals surface area (Å²) in [6.45, 7) is 4.62. The predicted octanol–water partition coefficient (Wildman–Crippen LogP) is 6.98. The molecule has 0 bridgehead atoms. The van der Waals surface area contributed by atoms with E-state index in [1.807, 2.05) is 6.08 Å². The number of fused-ring (bicyclic) bond motifs is 2. The van der Waals surface area contributed by atoms with E-state index in [9.17, 15) is 0 Å². The molecule has 1 heteroatoms. The molecule has 0 aromatic heterocycles. The van der Waals surface area contributed by atoms with Gasteiger partial charge in [0.2, 0.25) is 0 Å². The highest BCUT2D eigenvalue weighted by atomic mass is 127. The SMILES string of the molecule is C#C/C=C1\C(=C/CI)C(C)(C)c2cc(-c3cccc4c3C=CCC4)ccc21. The van der Waals surface area contributed by atoms with Gasteiger partial charge in [0.15, 0.2) is 0 Å². The van der Waals surface area contributed by atoms with Crippen molar-refractivity contribution in [3.05, 3.63) is 82.5 Å². The standard InChI is InChI=1S/C26H23I/c1-4-8-22-23-14-13-19(17-25(23)26(2,3)24(22)15-16-27)21-12-7-10-18-9-5-6-11-20(18)21/h1,6-8,10-15,17H,5,9,16H2,2-3H3/b22-8-,24-15+. The van der Waals surface area contributed by atoms with Gasteiger partial charge in [-0.1, -0.05) is 90.9 Å². The Hall–Kier alpha value is -2.05. The molecule has 27 heavy (non-hydrogen) atoms. The predicted molar refractivity (Wildman–Crippen MR) is 126 cm³/mol. The fraction of sp³-hybridized carbons (Fsp3) is 0.231. The van der Waals surface area contributed by atoms with Crippen LogP contribution in [0.4, 0.5) is 0 Å². The van der Waals surface area contributed by atoms with Gasteiger partial charge in [0.05, 0.1) is 0 Å². The summed E-state index contributed by atoms with van der Waals surface area (Å²) < 4.78 is 0.982. The maximum atomic E-state index is 5.65. The average molecular weight is 462 g/mol. The van der Waals surface area contributed by atoms with Gasteiger partial charge in [-0.2, -0.15) is 0 Å². The van der Waals surface area contributed by atoms with Crippen LogP contribution < -0.4 is 0 Å². The van der Waals surface area contributed by atoms with Crippen molar-refractivity contribution in [1.82, 2.24) is 0 Å². The molecule has 134 valence electrons. The van der Waals surface area contributed by atoms with Crippen molar-refractivity contribution in [2.45, 2.75) is 32.1 Å². The van der Waals surface area contributed by atoms with Crippen LogP contribution in [0.25, 0.3) is 22.8 Å². The lowest BCUT2D eigenvalue weighted by Crippen LogP contribution is -2.15. The number of halogens is 1. The van der Waals surface area contributed by atoms with E-state index in [0.717, 1.165) is 17.3 Å². The fourth-order valence-electron chi connectivity index (χ4n) is 4.49. The van der Waals surface area contributed by atoms with Gasteiger partial charge in [0.1, 0.15) is 0 Å². The smallest absolute Gasteiger partial charge is 0.0182 e.